The monoisotopic (exact) mass is 226 g/mol. The van der Waals surface area contributed by atoms with Crippen molar-refractivity contribution in [1.29, 1.82) is 0 Å². The second kappa shape index (κ2) is 5.17. The van der Waals surface area contributed by atoms with Crippen LogP contribution < -0.4 is 11.1 Å². The van der Waals surface area contributed by atoms with E-state index >= 15 is 0 Å². The molecule has 1 amide bonds. The molecule has 0 aromatic carbocycles. The van der Waals surface area contributed by atoms with Crippen LogP contribution in [0.4, 0.5) is 0 Å². The van der Waals surface area contributed by atoms with E-state index < -0.39 is 5.54 Å². The van der Waals surface area contributed by atoms with Gasteiger partial charge in [-0.25, -0.2) is 0 Å². The van der Waals surface area contributed by atoms with Crippen molar-refractivity contribution in [2.45, 2.75) is 65.0 Å². The average Bonchev–Trinajstić information content (AvgIpc) is 3.00. The van der Waals surface area contributed by atoms with Crippen molar-refractivity contribution in [3.63, 3.8) is 0 Å². The van der Waals surface area contributed by atoms with Crippen molar-refractivity contribution < 1.29 is 4.79 Å². The van der Waals surface area contributed by atoms with Crippen LogP contribution in [0.25, 0.3) is 0 Å². The maximum Gasteiger partial charge on any atom is 0.240 e. The number of hydrogen-bond donors (Lipinski definition) is 2. The molecule has 0 radical (unpaired) electrons. The zero-order valence-corrected chi connectivity index (χ0v) is 11.0. The maximum atomic E-state index is 12.0. The molecular weight excluding hydrogens is 200 g/mol. The summed E-state index contributed by atoms with van der Waals surface area (Å²) in [5.74, 6) is 1.06. The van der Waals surface area contributed by atoms with Crippen molar-refractivity contribution in [2.75, 3.05) is 0 Å². The SMILES string of the molecule is CCC(C)CC(C)NC(=O)C(C)(N)C1CC1. The van der Waals surface area contributed by atoms with Gasteiger partial charge in [-0.15, -0.1) is 0 Å². The number of nitrogens with two attached hydrogens (primary N) is 1. The van der Waals surface area contributed by atoms with Gasteiger partial charge in [-0.3, -0.25) is 4.79 Å². The summed E-state index contributed by atoms with van der Waals surface area (Å²) >= 11 is 0. The molecule has 3 unspecified atom stereocenters. The second-order valence-corrected chi connectivity index (χ2v) is 5.68. The van der Waals surface area contributed by atoms with Gasteiger partial charge in [0.1, 0.15) is 0 Å². The van der Waals surface area contributed by atoms with E-state index in [9.17, 15) is 4.79 Å². The summed E-state index contributed by atoms with van der Waals surface area (Å²) in [6, 6.07) is 0.226. The van der Waals surface area contributed by atoms with Crippen LogP contribution in [0.15, 0.2) is 0 Å². The van der Waals surface area contributed by atoms with Crippen LogP contribution in [0.3, 0.4) is 0 Å². The maximum absolute atomic E-state index is 12.0. The lowest BCUT2D eigenvalue weighted by Gasteiger charge is -2.26. The summed E-state index contributed by atoms with van der Waals surface area (Å²) in [7, 11) is 0. The first-order valence-electron chi connectivity index (χ1n) is 6.47. The van der Waals surface area contributed by atoms with E-state index in [1.165, 1.54) is 0 Å². The van der Waals surface area contributed by atoms with E-state index in [2.05, 4.69) is 26.1 Å². The van der Waals surface area contributed by atoms with Gasteiger partial charge in [0.05, 0.1) is 5.54 Å². The Labute approximate surface area is 99.2 Å². The minimum Gasteiger partial charge on any atom is -0.352 e. The standard InChI is InChI=1S/C13H26N2O/c1-5-9(2)8-10(3)15-12(16)13(4,14)11-6-7-11/h9-11H,5-8,14H2,1-4H3,(H,15,16). The first-order chi connectivity index (χ1) is 7.37. The fourth-order valence-corrected chi connectivity index (χ4v) is 2.08. The molecule has 3 atom stereocenters. The van der Waals surface area contributed by atoms with Gasteiger partial charge in [-0.05, 0) is 44.9 Å². The Bertz CT molecular complexity index is 246. The van der Waals surface area contributed by atoms with Crippen molar-refractivity contribution in [3.8, 4) is 0 Å². The van der Waals surface area contributed by atoms with E-state index in [4.69, 9.17) is 5.73 Å². The Morgan fingerprint density at radius 1 is 1.50 bits per heavy atom. The van der Waals surface area contributed by atoms with E-state index in [-0.39, 0.29) is 11.9 Å². The predicted molar refractivity (Wildman–Crippen MR) is 67.0 cm³/mol. The molecule has 0 aliphatic heterocycles. The number of carbonyl (C=O) groups excluding carboxylic acids is 1. The number of amides is 1. The van der Waals surface area contributed by atoms with Gasteiger partial charge in [-0.1, -0.05) is 20.3 Å². The quantitative estimate of drug-likeness (QED) is 0.728. The summed E-state index contributed by atoms with van der Waals surface area (Å²) in [4.78, 5) is 12.0. The zero-order chi connectivity index (χ0) is 12.3. The average molecular weight is 226 g/mol. The summed E-state index contributed by atoms with van der Waals surface area (Å²) in [5, 5.41) is 3.04. The smallest absolute Gasteiger partial charge is 0.240 e. The van der Waals surface area contributed by atoms with E-state index in [1.807, 2.05) is 6.92 Å². The molecule has 1 aliphatic carbocycles. The molecule has 3 heteroatoms. The van der Waals surface area contributed by atoms with Crippen LogP contribution in [0, 0.1) is 11.8 Å². The molecular formula is C13H26N2O. The third-order valence-electron chi connectivity index (χ3n) is 3.75. The molecule has 3 N–H and O–H groups in total. The third-order valence-corrected chi connectivity index (χ3v) is 3.75. The second-order valence-electron chi connectivity index (χ2n) is 5.68. The minimum atomic E-state index is -0.663. The first kappa shape index (κ1) is 13.5. The molecule has 0 bridgehead atoms. The molecule has 16 heavy (non-hydrogen) atoms. The number of carbonyl (C=O) groups is 1. The largest absolute Gasteiger partial charge is 0.352 e. The van der Waals surface area contributed by atoms with Gasteiger partial charge in [0.25, 0.3) is 0 Å². The summed E-state index contributed by atoms with van der Waals surface area (Å²) in [5.41, 5.74) is 5.40. The molecule has 1 aliphatic rings. The van der Waals surface area contributed by atoms with Gasteiger partial charge in [0, 0.05) is 6.04 Å². The van der Waals surface area contributed by atoms with E-state index in [0.717, 1.165) is 25.7 Å². The van der Waals surface area contributed by atoms with E-state index in [0.29, 0.717) is 11.8 Å². The molecule has 3 nitrogen and oxygen atoms in total. The van der Waals surface area contributed by atoms with Crippen LogP contribution in [-0.4, -0.2) is 17.5 Å². The lowest BCUT2D eigenvalue weighted by molar-refractivity contribution is -0.127. The van der Waals surface area contributed by atoms with Crippen molar-refractivity contribution in [1.82, 2.24) is 5.32 Å². The highest BCUT2D eigenvalue weighted by atomic mass is 16.2. The summed E-state index contributed by atoms with van der Waals surface area (Å²) in [6.45, 7) is 8.31. The van der Waals surface area contributed by atoms with Crippen LogP contribution in [0.1, 0.15) is 53.4 Å². The van der Waals surface area contributed by atoms with E-state index in [1.54, 1.807) is 0 Å². The first-order valence-corrected chi connectivity index (χ1v) is 6.47. The van der Waals surface area contributed by atoms with Gasteiger partial charge in [0.2, 0.25) is 5.91 Å². The molecule has 94 valence electrons. The van der Waals surface area contributed by atoms with Gasteiger partial charge >= 0.3 is 0 Å². The Balaban J connectivity index is 2.38. The number of nitrogens with one attached hydrogen (secondary N) is 1. The summed E-state index contributed by atoms with van der Waals surface area (Å²) in [6.07, 6.45) is 4.38. The summed E-state index contributed by atoms with van der Waals surface area (Å²) < 4.78 is 0. The van der Waals surface area contributed by atoms with Gasteiger partial charge in [0.15, 0.2) is 0 Å². The minimum absolute atomic E-state index is 0.0193. The Morgan fingerprint density at radius 2 is 2.06 bits per heavy atom. The molecule has 1 fully saturated rings. The fourth-order valence-electron chi connectivity index (χ4n) is 2.08. The highest BCUT2D eigenvalue weighted by Gasteiger charge is 2.44. The number of rotatable bonds is 6. The third kappa shape index (κ3) is 3.48. The highest BCUT2D eigenvalue weighted by molar-refractivity contribution is 5.86. The molecule has 0 saturated heterocycles. The predicted octanol–water partition coefficient (Wildman–Crippen LogP) is 2.05. The highest BCUT2D eigenvalue weighted by Crippen LogP contribution is 2.38. The topological polar surface area (TPSA) is 55.1 Å². The van der Waals surface area contributed by atoms with Crippen LogP contribution in [0.5, 0.6) is 0 Å². The lowest BCUT2D eigenvalue weighted by Crippen LogP contribution is -2.55. The molecule has 0 aromatic rings. The number of hydrogen-bond acceptors (Lipinski definition) is 2. The molecule has 0 heterocycles. The Morgan fingerprint density at radius 3 is 2.50 bits per heavy atom. The normalized spacial score (nSPS) is 23.3. The van der Waals surface area contributed by atoms with Gasteiger partial charge < -0.3 is 11.1 Å². The van der Waals surface area contributed by atoms with Crippen molar-refractivity contribution in [2.24, 2.45) is 17.6 Å². The zero-order valence-electron chi connectivity index (χ0n) is 11.0. The Kier molecular flexibility index (Phi) is 4.36. The molecule has 0 spiro atoms. The van der Waals surface area contributed by atoms with Crippen molar-refractivity contribution in [3.05, 3.63) is 0 Å². The lowest BCUT2D eigenvalue weighted by atomic mass is 9.94. The molecule has 0 aromatic heterocycles. The van der Waals surface area contributed by atoms with Gasteiger partial charge in [-0.2, -0.15) is 0 Å². The van der Waals surface area contributed by atoms with Crippen LogP contribution in [-0.2, 0) is 4.79 Å². The molecule has 1 saturated carbocycles. The fraction of sp³-hybridized carbons (Fsp3) is 0.923. The van der Waals surface area contributed by atoms with Crippen LogP contribution in [0.2, 0.25) is 0 Å². The Hall–Kier alpha value is -0.570. The van der Waals surface area contributed by atoms with Crippen LogP contribution >= 0.6 is 0 Å². The molecule has 1 rings (SSSR count). The van der Waals surface area contributed by atoms with Crippen molar-refractivity contribution >= 4 is 5.91 Å².